The molecule has 9 heteroatoms. The highest BCUT2D eigenvalue weighted by molar-refractivity contribution is 5.83. The molecule has 2 aliphatic heterocycles. The molecule has 9 nitrogen and oxygen atoms in total. The first-order chi connectivity index (χ1) is 15.9. The molecule has 0 radical (unpaired) electrons. The number of ketones is 1. The molecule has 4 rings (SSSR count). The lowest BCUT2D eigenvalue weighted by atomic mass is 9.97. The van der Waals surface area contributed by atoms with Crippen molar-refractivity contribution in [2.75, 3.05) is 40.4 Å². The number of ether oxygens (including phenoxy) is 2. The van der Waals surface area contributed by atoms with Crippen molar-refractivity contribution in [3.05, 3.63) is 28.8 Å². The van der Waals surface area contributed by atoms with Gasteiger partial charge >= 0.3 is 0 Å². The summed E-state index contributed by atoms with van der Waals surface area (Å²) in [6.45, 7) is 3.44. The number of methoxy groups -OCH3 is 1. The van der Waals surface area contributed by atoms with E-state index >= 15 is 0 Å². The number of fused-ring (bicyclic) bond motifs is 1. The lowest BCUT2D eigenvalue weighted by molar-refractivity contribution is -0.121. The largest absolute Gasteiger partial charge is 0.493 e. The van der Waals surface area contributed by atoms with Gasteiger partial charge in [0.15, 0.2) is 17.3 Å². The maximum Gasteiger partial charge on any atom is 0.261 e. The van der Waals surface area contributed by atoms with E-state index in [4.69, 9.17) is 9.47 Å². The van der Waals surface area contributed by atoms with Gasteiger partial charge in [0.1, 0.15) is 0 Å². The number of aliphatic hydroxyl groups excluding tert-OH is 1. The van der Waals surface area contributed by atoms with E-state index < -0.39 is 6.10 Å². The third-order valence-electron chi connectivity index (χ3n) is 6.76. The number of Topliss-reactive ketones (excluding diaryl/α,β-unsaturated/α-hetero) is 1. The summed E-state index contributed by atoms with van der Waals surface area (Å²) >= 11 is 0. The highest BCUT2D eigenvalue weighted by atomic mass is 16.5. The highest BCUT2D eigenvalue weighted by Crippen LogP contribution is 2.31. The van der Waals surface area contributed by atoms with Crippen LogP contribution in [-0.4, -0.2) is 77.9 Å². The summed E-state index contributed by atoms with van der Waals surface area (Å²) in [5.74, 6) is 1.42. The van der Waals surface area contributed by atoms with Gasteiger partial charge in [-0.25, -0.2) is 4.98 Å². The predicted molar refractivity (Wildman–Crippen MR) is 125 cm³/mol. The topological polar surface area (TPSA) is 106 Å². The molecule has 180 valence electrons. The molecule has 0 amide bonds. The molecule has 1 aromatic heterocycles. The summed E-state index contributed by atoms with van der Waals surface area (Å²) < 4.78 is 12.9. The fourth-order valence-corrected chi connectivity index (χ4v) is 4.63. The van der Waals surface area contributed by atoms with Crippen LogP contribution in [0.5, 0.6) is 11.5 Å². The number of carbonyl (C=O) groups excluding carboxylic acids is 1. The Bertz CT molecular complexity index is 1030. The summed E-state index contributed by atoms with van der Waals surface area (Å²) in [7, 11) is 3.68. The van der Waals surface area contributed by atoms with Gasteiger partial charge in [0, 0.05) is 18.5 Å². The van der Waals surface area contributed by atoms with Crippen LogP contribution in [0.1, 0.15) is 32.1 Å². The molecule has 2 aromatic rings. The number of carbonyl (C=O) groups is 1. The first kappa shape index (κ1) is 23.7. The van der Waals surface area contributed by atoms with Gasteiger partial charge in [-0.2, -0.15) is 0 Å². The van der Waals surface area contributed by atoms with E-state index in [1.807, 2.05) is 0 Å². The average molecular weight is 459 g/mol. The van der Waals surface area contributed by atoms with E-state index in [0.29, 0.717) is 41.3 Å². The number of nitrogens with one attached hydrogen (secondary N) is 1. The van der Waals surface area contributed by atoms with E-state index in [0.717, 1.165) is 38.9 Å². The molecule has 2 aliphatic rings. The summed E-state index contributed by atoms with van der Waals surface area (Å²) in [6.07, 6.45) is 4.81. The Kier molecular flexibility index (Phi) is 7.62. The second-order valence-corrected chi connectivity index (χ2v) is 9.27. The predicted octanol–water partition coefficient (Wildman–Crippen LogP) is 1.20. The standard InChI is InChI=1S/C24H34N4O5/c1-27-8-5-16(6-9-27)14-33-23-12-19-18(11-22(23)32-2)24(31)28(15-26-19)13-17(29)10-20-21(30)4-3-7-25-20/h11-12,15-16,20-21,25,30H,3-10,13-14H2,1-2H3/t20-,21+/m1/s1. The van der Waals surface area contributed by atoms with Gasteiger partial charge < -0.3 is 24.8 Å². The van der Waals surface area contributed by atoms with Gasteiger partial charge in [-0.3, -0.25) is 14.2 Å². The monoisotopic (exact) mass is 458 g/mol. The lowest BCUT2D eigenvalue weighted by Crippen LogP contribution is -2.46. The number of aliphatic hydroxyl groups is 1. The Hall–Kier alpha value is -2.49. The van der Waals surface area contributed by atoms with Crippen LogP contribution in [0.4, 0.5) is 0 Å². The summed E-state index contributed by atoms with van der Waals surface area (Å²) in [4.78, 5) is 32.3. The van der Waals surface area contributed by atoms with Crippen molar-refractivity contribution >= 4 is 16.7 Å². The van der Waals surface area contributed by atoms with Crippen LogP contribution in [0.15, 0.2) is 23.3 Å². The smallest absolute Gasteiger partial charge is 0.261 e. The molecule has 1 aromatic carbocycles. The molecule has 3 heterocycles. The number of likely N-dealkylation sites (tertiary alicyclic amines) is 1. The van der Waals surface area contributed by atoms with Crippen molar-refractivity contribution in [1.82, 2.24) is 19.8 Å². The lowest BCUT2D eigenvalue weighted by Gasteiger charge is -2.28. The molecule has 0 unspecified atom stereocenters. The molecular weight excluding hydrogens is 424 g/mol. The van der Waals surface area contributed by atoms with Gasteiger partial charge in [0.25, 0.3) is 5.56 Å². The minimum absolute atomic E-state index is 0.0800. The molecular formula is C24H34N4O5. The molecule has 0 aliphatic carbocycles. The zero-order chi connectivity index (χ0) is 23.4. The molecule has 33 heavy (non-hydrogen) atoms. The van der Waals surface area contributed by atoms with Crippen LogP contribution in [0, 0.1) is 5.92 Å². The van der Waals surface area contributed by atoms with Crippen LogP contribution in [0.3, 0.4) is 0 Å². The fraction of sp³-hybridized carbons (Fsp3) is 0.625. The zero-order valence-electron chi connectivity index (χ0n) is 19.5. The molecule has 2 fully saturated rings. The first-order valence-corrected chi connectivity index (χ1v) is 11.8. The van der Waals surface area contributed by atoms with Crippen LogP contribution in [0.25, 0.3) is 10.9 Å². The van der Waals surface area contributed by atoms with Crippen LogP contribution < -0.4 is 20.3 Å². The third-order valence-corrected chi connectivity index (χ3v) is 6.76. The molecule has 2 atom stereocenters. The number of nitrogens with zero attached hydrogens (tertiary/aromatic N) is 3. The van der Waals surface area contributed by atoms with E-state index in [2.05, 4.69) is 22.2 Å². The Morgan fingerprint density at radius 1 is 1.24 bits per heavy atom. The minimum Gasteiger partial charge on any atom is -0.493 e. The van der Waals surface area contributed by atoms with Gasteiger partial charge in [-0.1, -0.05) is 0 Å². The molecule has 2 N–H and O–H groups in total. The third kappa shape index (κ3) is 5.72. The zero-order valence-corrected chi connectivity index (χ0v) is 19.5. The van der Waals surface area contributed by atoms with Crippen LogP contribution >= 0.6 is 0 Å². The van der Waals surface area contributed by atoms with Crippen LogP contribution in [0.2, 0.25) is 0 Å². The Morgan fingerprint density at radius 2 is 2.03 bits per heavy atom. The average Bonchev–Trinajstić information content (AvgIpc) is 2.81. The number of hydrogen-bond acceptors (Lipinski definition) is 8. The van der Waals surface area contributed by atoms with Gasteiger partial charge in [0.2, 0.25) is 0 Å². The second kappa shape index (κ2) is 10.6. The van der Waals surface area contributed by atoms with Gasteiger partial charge in [0.05, 0.1) is 43.6 Å². The van der Waals surface area contributed by atoms with E-state index in [1.165, 1.54) is 10.9 Å². The van der Waals surface area contributed by atoms with Gasteiger partial charge in [-0.05, 0) is 64.3 Å². The van der Waals surface area contributed by atoms with Crippen molar-refractivity contribution in [3.63, 3.8) is 0 Å². The minimum atomic E-state index is -0.536. The quantitative estimate of drug-likeness (QED) is 0.608. The summed E-state index contributed by atoms with van der Waals surface area (Å²) in [5, 5.41) is 13.6. The fourth-order valence-electron chi connectivity index (χ4n) is 4.63. The maximum absolute atomic E-state index is 13.0. The molecule has 0 bridgehead atoms. The van der Waals surface area contributed by atoms with E-state index in [1.54, 1.807) is 19.2 Å². The summed E-state index contributed by atoms with van der Waals surface area (Å²) in [6, 6.07) is 3.11. The van der Waals surface area contributed by atoms with Crippen molar-refractivity contribution in [2.45, 2.75) is 50.8 Å². The Morgan fingerprint density at radius 3 is 2.76 bits per heavy atom. The van der Waals surface area contributed by atoms with Crippen molar-refractivity contribution in [3.8, 4) is 11.5 Å². The van der Waals surface area contributed by atoms with E-state index in [-0.39, 0.29) is 30.3 Å². The molecule has 2 saturated heterocycles. The Labute approximate surface area is 193 Å². The van der Waals surface area contributed by atoms with Crippen molar-refractivity contribution < 1.29 is 19.4 Å². The number of hydrogen-bond donors (Lipinski definition) is 2. The number of aromatic nitrogens is 2. The number of piperidine rings is 2. The molecule has 0 saturated carbocycles. The highest BCUT2D eigenvalue weighted by Gasteiger charge is 2.25. The SMILES string of the molecule is COc1cc2c(=O)n(CC(=O)C[C@H]3NCCC[C@@H]3O)cnc2cc1OCC1CCN(C)CC1. The second-order valence-electron chi connectivity index (χ2n) is 9.27. The summed E-state index contributed by atoms with van der Waals surface area (Å²) in [5.41, 5.74) is 0.206. The van der Waals surface area contributed by atoms with Crippen molar-refractivity contribution in [1.29, 1.82) is 0 Å². The normalized spacial score (nSPS) is 22.4. The Balaban J connectivity index is 1.47. The maximum atomic E-state index is 13.0. The van der Waals surface area contributed by atoms with Crippen molar-refractivity contribution in [2.24, 2.45) is 5.92 Å². The van der Waals surface area contributed by atoms with Crippen LogP contribution in [-0.2, 0) is 11.3 Å². The number of benzene rings is 1. The first-order valence-electron chi connectivity index (χ1n) is 11.8. The number of rotatable bonds is 8. The molecule has 0 spiro atoms. The van der Waals surface area contributed by atoms with Gasteiger partial charge in [-0.15, -0.1) is 0 Å². The van der Waals surface area contributed by atoms with E-state index in [9.17, 15) is 14.7 Å².